The van der Waals surface area contributed by atoms with E-state index in [-0.39, 0.29) is 0 Å². The van der Waals surface area contributed by atoms with Crippen molar-refractivity contribution in [2.75, 3.05) is 26.2 Å². The molecule has 0 N–H and O–H groups in total. The zero-order valence-corrected chi connectivity index (χ0v) is 13.4. The van der Waals surface area contributed by atoms with E-state index in [0.29, 0.717) is 5.92 Å². The van der Waals surface area contributed by atoms with Gasteiger partial charge in [-0.3, -0.25) is 0 Å². The Labute approximate surface area is 132 Å². The lowest BCUT2D eigenvalue weighted by Crippen LogP contribution is -2.43. The van der Waals surface area contributed by atoms with Crippen LogP contribution < -0.4 is 0 Å². The van der Waals surface area contributed by atoms with E-state index in [4.69, 9.17) is 0 Å². The van der Waals surface area contributed by atoms with Crippen LogP contribution in [0.25, 0.3) is 16.8 Å². The molecule has 2 aromatic rings. The van der Waals surface area contributed by atoms with Crippen molar-refractivity contribution in [2.45, 2.75) is 25.7 Å². The van der Waals surface area contributed by atoms with Gasteiger partial charge in [0.1, 0.15) is 6.54 Å². The quantitative estimate of drug-likeness (QED) is 0.623. The molecule has 0 bridgehead atoms. The van der Waals surface area contributed by atoms with Crippen LogP contribution in [0.15, 0.2) is 42.0 Å². The molecule has 2 saturated heterocycles. The molecule has 1 nitrogen and oxygen atoms in total. The molecule has 0 aromatic heterocycles. The lowest BCUT2D eigenvalue weighted by molar-refractivity contribution is -0.904. The van der Waals surface area contributed by atoms with Gasteiger partial charge in [0.15, 0.2) is 0 Å². The Morgan fingerprint density at radius 2 is 1.82 bits per heavy atom. The molecular weight excluding hydrogens is 266 g/mol. The van der Waals surface area contributed by atoms with Gasteiger partial charge < -0.3 is 4.48 Å². The normalized spacial score (nSPS) is 28.7. The second-order valence-electron chi connectivity index (χ2n) is 7.74. The molecule has 112 valence electrons. The van der Waals surface area contributed by atoms with E-state index in [2.05, 4.69) is 49.4 Å². The minimum atomic E-state index is 0.678. The van der Waals surface area contributed by atoms with E-state index in [9.17, 15) is 0 Å². The Morgan fingerprint density at radius 1 is 1.00 bits per heavy atom. The van der Waals surface area contributed by atoms with E-state index in [1.165, 1.54) is 59.8 Å². The zero-order valence-electron chi connectivity index (χ0n) is 13.4. The summed E-state index contributed by atoms with van der Waals surface area (Å²) in [5.41, 5.74) is 4.82. The summed E-state index contributed by atoms with van der Waals surface area (Å²) in [4.78, 5) is 0. The molecule has 1 heteroatoms. The topological polar surface area (TPSA) is 0 Å². The van der Waals surface area contributed by atoms with Gasteiger partial charge >= 0.3 is 0 Å². The largest absolute Gasteiger partial charge is 0.320 e. The third kappa shape index (κ3) is 1.69. The van der Waals surface area contributed by atoms with Crippen LogP contribution in [0.1, 0.15) is 36.8 Å². The fourth-order valence-electron chi connectivity index (χ4n) is 5.36. The summed E-state index contributed by atoms with van der Waals surface area (Å²) in [6.07, 6.45) is 5.43. The second-order valence-corrected chi connectivity index (χ2v) is 7.74. The Morgan fingerprint density at radius 3 is 2.68 bits per heavy atom. The van der Waals surface area contributed by atoms with Crippen LogP contribution in [0.5, 0.6) is 0 Å². The molecule has 2 atom stereocenters. The predicted molar refractivity (Wildman–Crippen MR) is 92.8 cm³/mol. The van der Waals surface area contributed by atoms with Gasteiger partial charge in [0.2, 0.25) is 0 Å². The second kappa shape index (κ2) is 4.45. The molecule has 2 heterocycles. The zero-order chi connectivity index (χ0) is 14.7. The van der Waals surface area contributed by atoms with Gasteiger partial charge in [-0.2, -0.15) is 0 Å². The molecule has 2 fully saturated rings. The van der Waals surface area contributed by atoms with Crippen LogP contribution in [-0.4, -0.2) is 30.7 Å². The molecule has 0 radical (unpaired) electrons. The third-order valence-corrected chi connectivity index (χ3v) is 6.52. The summed E-state index contributed by atoms with van der Waals surface area (Å²) in [5.74, 6) is 1.46. The Bertz CT molecular complexity index is 780. The number of hydrogen-bond donors (Lipinski definition) is 0. The first-order valence-electron chi connectivity index (χ1n) is 8.83. The molecule has 3 aliphatic rings. The third-order valence-electron chi connectivity index (χ3n) is 6.52. The maximum Gasteiger partial charge on any atom is 0.101 e. The Balaban J connectivity index is 1.67. The summed E-state index contributed by atoms with van der Waals surface area (Å²) < 4.78 is 1.38. The highest BCUT2D eigenvalue weighted by atomic mass is 15.4. The number of fused-ring (bicyclic) bond motifs is 4. The van der Waals surface area contributed by atoms with Crippen molar-refractivity contribution < 1.29 is 4.48 Å². The average molecular weight is 290 g/mol. The van der Waals surface area contributed by atoms with Crippen molar-refractivity contribution in [2.24, 2.45) is 5.92 Å². The summed E-state index contributed by atoms with van der Waals surface area (Å²) >= 11 is 0. The van der Waals surface area contributed by atoms with E-state index < -0.39 is 0 Å². The number of benzene rings is 2. The van der Waals surface area contributed by atoms with E-state index in [0.717, 1.165) is 5.92 Å². The van der Waals surface area contributed by atoms with Crippen molar-refractivity contribution >= 4 is 16.8 Å². The molecule has 2 aliphatic heterocycles. The molecule has 22 heavy (non-hydrogen) atoms. The van der Waals surface area contributed by atoms with Gasteiger partial charge in [-0.25, -0.2) is 0 Å². The molecule has 0 saturated carbocycles. The van der Waals surface area contributed by atoms with Crippen molar-refractivity contribution in [1.82, 2.24) is 0 Å². The Kier molecular flexibility index (Phi) is 2.61. The predicted octanol–water partition coefficient (Wildman–Crippen LogP) is 4.58. The first-order chi connectivity index (χ1) is 10.8. The summed E-state index contributed by atoms with van der Waals surface area (Å²) in [5, 5.41) is 2.82. The fraction of sp³-hybridized carbons (Fsp3) is 0.429. The maximum absolute atomic E-state index is 2.56. The van der Waals surface area contributed by atoms with Gasteiger partial charge in [0, 0.05) is 18.8 Å². The standard InChI is InChI=1S/C21H24N/c1-15-18-9-8-16-6-2-3-7-19(16)20(18)12-17-13-22(14-21(15)17)10-4-5-11-22/h2-3,6-9,12,15,21H,4-5,10-11,13-14H2,1H3/q+1. The average Bonchev–Trinajstić information content (AvgIpc) is 3.14. The van der Waals surface area contributed by atoms with Gasteiger partial charge in [-0.05, 0) is 39.5 Å². The lowest BCUT2D eigenvalue weighted by Gasteiger charge is -2.30. The molecule has 1 spiro atoms. The minimum absolute atomic E-state index is 0.678. The van der Waals surface area contributed by atoms with Crippen molar-refractivity contribution in [1.29, 1.82) is 0 Å². The molecule has 5 rings (SSSR count). The van der Waals surface area contributed by atoms with E-state index in [1.54, 1.807) is 11.1 Å². The first kappa shape index (κ1) is 12.9. The minimum Gasteiger partial charge on any atom is -0.320 e. The fourth-order valence-corrected chi connectivity index (χ4v) is 5.36. The van der Waals surface area contributed by atoms with Crippen molar-refractivity contribution in [3.63, 3.8) is 0 Å². The SMILES string of the molecule is CC1c2ccc3ccccc3c2C=C2C[N+]3(CCCC3)CC21. The molecule has 2 aromatic carbocycles. The molecule has 0 amide bonds. The molecule has 1 aliphatic carbocycles. The van der Waals surface area contributed by atoms with Crippen LogP contribution in [0, 0.1) is 5.92 Å². The molecule has 2 unspecified atom stereocenters. The maximum atomic E-state index is 2.56. The van der Waals surface area contributed by atoms with Crippen molar-refractivity contribution in [3.05, 3.63) is 53.1 Å². The first-order valence-corrected chi connectivity index (χ1v) is 8.83. The van der Waals surface area contributed by atoms with Gasteiger partial charge in [0.05, 0.1) is 19.6 Å². The monoisotopic (exact) mass is 290 g/mol. The van der Waals surface area contributed by atoms with Gasteiger partial charge in [-0.15, -0.1) is 0 Å². The molecular formula is C21H24N+. The van der Waals surface area contributed by atoms with Crippen LogP contribution >= 0.6 is 0 Å². The smallest absolute Gasteiger partial charge is 0.101 e. The van der Waals surface area contributed by atoms with Crippen LogP contribution in [0.3, 0.4) is 0 Å². The van der Waals surface area contributed by atoms with Crippen LogP contribution in [0.4, 0.5) is 0 Å². The Hall–Kier alpha value is -1.60. The summed E-state index contributed by atoms with van der Waals surface area (Å²) in [6, 6.07) is 13.6. The lowest BCUT2D eigenvalue weighted by atomic mass is 9.76. The van der Waals surface area contributed by atoms with E-state index >= 15 is 0 Å². The van der Waals surface area contributed by atoms with Gasteiger partial charge in [-0.1, -0.05) is 43.3 Å². The highest BCUT2D eigenvalue weighted by Gasteiger charge is 2.47. The van der Waals surface area contributed by atoms with E-state index in [1.807, 2.05) is 0 Å². The van der Waals surface area contributed by atoms with Gasteiger partial charge in [0.25, 0.3) is 0 Å². The highest BCUT2D eigenvalue weighted by molar-refractivity contribution is 5.93. The number of quaternary nitrogens is 1. The van der Waals surface area contributed by atoms with Crippen LogP contribution in [0.2, 0.25) is 0 Å². The van der Waals surface area contributed by atoms with Crippen LogP contribution in [-0.2, 0) is 0 Å². The number of hydrogen-bond acceptors (Lipinski definition) is 0. The number of rotatable bonds is 0. The summed E-state index contributed by atoms with van der Waals surface area (Å²) in [6.45, 7) is 8.00. The van der Waals surface area contributed by atoms with Crippen molar-refractivity contribution in [3.8, 4) is 0 Å². The highest BCUT2D eigenvalue weighted by Crippen LogP contribution is 2.47. The number of nitrogens with zero attached hydrogens (tertiary/aromatic N) is 1. The summed E-state index contributed by atoms with van der Waals surface area (Å²) in [7, 11) is 0.